The van der Waals surface area contributed by atoms with Crippen molar-refractivity contribution in [3.05, 3.63) is 29.8 Å². The molecule has 1 aromatic rings. The van der Waals surface area contributed by atoms with E-state index < -0.39 is 11.4 Å². The van der Waals surface area contributed by atoms with E-state index in [9.17, 15) is 9.59 Å². The number of aryl methyl sites for hydroxylation is 1. The fourth-order valence-electron chi connectivity index (χ4n) is 1.91. The van der Waals surface area contributed by atoms with Gasteiger partial charge in [-0.15, -0.1) is 0 Å². The number of carboxylic acid groups (broad SMARTS) is 1. The zero-order valence-electron chi connectivity index (χ0n) is 11.9. The van der Waals surface area contributed by atoms with Crippen molar-refractivity contribution in [2.45, 2.75) is 33.6 Å². The van der Waals surface area contributed by atoms with Gasteiger partial charge in [-0.05, 0) is 24.5 Å². The van der Waals surface area contributed by atoms with E-state index in [2.05, 4.69) is 0 Å². The number of carbonyl (C=O) groups is 2. The fraction of sp³-hybridized carbons (Fsp3) is 0.467. The van der Waals surface area contributed by atoms with Crippen LogP contribution in [0, 0.1) is 12.3 Å². The first-order valence-electron chi connectivity index (χ1n) is 6.26. The number of carboxylic acids is 1. The molecule has 0 saturated heterocycles. The summed E-state index contributed by atoms with van der Waals surface area (Å²) in [5, 5.41) is 8.82. The predicted octanol–water partition coefficient (Wildman–Crippen LogP) is 2.85. The summed E-state index contributed by atoms with van der Waals surface area (Å²) in [7, 11) is 1.71. The molecule has 1 amide bonds. The van der Waals surface area contributed by atoms with Gasteiger partial charge in [0.2, 0.25) is 5.91 Å². The molecule has 0 saturated carbocycles. The third kappa shape index (κ3) is 4.73. The average Bonchev–Trinajstić information content (AvgIpc) is 2.26. The second-order valence-electron chi connectivity index (χ2n) is 5.70. The molecule has 1 aromatic carbocycles. The van der Waals surface area contributed by atoms with Crippen LogP contribution in [0.1, 0.15) is 32.3 Å². The number of aliphatic carboxylic acids is 1. The smallest absolute Gasteiger partial charge is 0.303 e. The number of amides is 1. The number of anilines is 1. The molecule has 0 aliphatic carbocycles. The van der Waals surface area contributed by atoms with Crippen molar-refractivity contribution in [2.24, 2.45) is 5.41 Å². The molecule has 1 rings (SSSR count). The summed E-state index contributed by atoms with van der Waals surface area (Å²) in [5.41, 5.74) is 1.42. The van der Waals surface area contributed by atoms with Gasteiger partial charge in [-0.25, -0.2) is 0 Å². The first kappa shape index (κ1) is 15.2. The first-order chi connectivity index (χ1) is 8.71. The van der Waals surface area contributed by atoms with Crippen LogP contribution < -0.4 is 4.90 Å². The highest BCUT2D eigenvalue weighted by Gasteiger charge is 2.27. The van der Waals surface area contributed by atoms with E-state index in [1.165, 1.54) is 0 Å². The lowest BCUT2D eigenvalue weighted by Crippen LogP contribution is -2.31. The molecule has 4 nitrogen and oxygen atoms in total. The van der Waals surface area contributed by atoms with Crippen LogP contribution in [0.15, 0.2) is 24.3 Å². The van der Waals surface area contributed by atoms with Crippen LogP contribution >= 0.6 is 0 Å². The largest absolute Gasteiger partial charge is 0.481 e. The summed E-state index contributed by atoms with van der Waals surface area (Å²) in [4.78, 5) is 24.5. The van der Waals surface area contributed by atoms with Crippen LogP contribution in [-0.4, -0.2) is 24.0 Å². The highest BCUT2D eigenvalue weighted by atomic mass is 16.4. The van der Waals surface area contributed by atoms with E-state index in [-0.39, 0.29) is 18.7 Å². The fourth-order valence-corrected chi connectivity index (χ4v) is 1.91. The Morgan fingerprint density at radius 2 is 1.68 bits per heavy atom. The normalized spacial score (nSPS) is 11.2. The van der Waals surface area contributed by atoms with Crippen LogP contribution in [0.3, 0.4) is 0 Å². The molecule has 0 aliphatic rings. The highest BCUT2D eigenvalue weighted by molar-refractivity contribution is 5.93. The standard InChI is InChI=1S/C15H21NO3/c1-11-5-7-12(8-6-11)16(4)13(17)9-15(2,3)10-14(18)19/h5-8H,9-10H2,1-4H3,(H,18,19). The lowest BCUT2D eigenvalue weighted by molar-refractivity contribution is -0.139. The summed E-state index contributed by atoms with van der Waals surface area (Å²) in [6.07, 6.45) is 0.199. The number of rotatable bonds is 5. The Kier molecular flexibility index (Phi) is 4.70. The maximum Gasteiger partial charge on any atom is 0.303 e. The molecule has 0 fully saturated rings. The Morgan fingerprint density at radius 3 is 2.16 bits per heavy atom. The topological polar surface area (TPSA) is 57.6 Å². The van der Waals surface area contributed by atoms with E-state index in [1.807, 2.05) is 31.2 Å². The molecular formula is C15H21NO3. The van der Waals surface area contributed by atoms with Crippen molar-refractivity contribution in [2.75, 3.05) is 11.9 Å². The summed E-state index contributed by atoms with van der Waals surface area (Å²) < 4.78 is 0. The number of hydrogen-bond donors (Lipinski definition) is 1. The number of benzene rings is 1. The van der Waals surface area contributed by atoms with Crippen LogP contribution in [0.5, 0.6) is 0 Å². The Labute approximate surface area is 114 Å². The molecular weight excluding hydrogens is 242 g/mol. The molecule has 0 aliphatic heterocycles. The molecule has 1 N–H and O–H groups in total. The summed E-state index contributed by atoms with van der Waals surface area (Å²) in [6, 6.07) is 7.66. The zero-order chi connectivity index (χ0) is 14.6. The summed E-state index contributed by atoms with van der Waals surface area (Å²) >= 11 is 0. The molecule has 0 radical (unpaired) electrons. The van der Waals surface area contributed by atoms with Crippen LogP contribution in [0.2, 0.25) is 0 Å². The Balaban J connectivity index is 2.72. The lowest BCUT2D eigenvalue weighted by atomic mass is 9.85. The van der Waals surface area contributed by atoms with E-state index >= 15 is 0 Å². The van der Waals surface area contributed by atoms with Crippen molar-refractivity contribution in [1.82, 2.24) is 0 Å². The predicted molar refractivity (Wildman–Crippen MR) is 75.2 cm³/mol. The first-order valence-corrected chi connectivity index (χ1v) is 6.26. The van der Waals surface area contributed by atoms with E-state index in [0.717, 1.165) is 11.3 Å². The van der Waals surface area contributed by atoms with E-state index in [0.29, 0.717) is 0 Å². The molecule has 104 valence electrons. The third-order valence-corrected chi connectivity index (χ3v) is 3.05. The second-order valence-corrected chi connectivity index (χ2v) is 5.70. The molecule has 0 spiro atoms. The number of hydrogen-bond acceptors (Lipinski definition) is 2. The van der Waals surface area contributed by atoms with Gasteiger partial charge in [0.25, 0.3) is 0 Å². The van der Waals surface area contributed by atoms with Gasteiger partial charge in [0.15, 0.2) is 0 Å². The molecule has 0 bridgehead atoms. The van der Waals surface area contributed by atoms with Crippen molar-refractivity contribution >= 4 is 17.6 Å². The third-order valence-electron chi connectivity index (χ3n) is 3.05. The Hall–Kier alpha value is -1.84. The van der Waals surface area contributed by atoms with Gasteiger partial charge in [0, 0.05) is 19.2 Å². The van der Waals surface area contributed by atoms with Crippen LogP contribution in [0.25, 0.3) is 0 Å². The summed E-state index contributed by atoms with van der Waals surface area (Å²) in [6.45, 7) is 5.57. The monoisotopic (exact) mass is 263 g/mol. The summed E-state index contributed by atoms with van der Waals surface area (Å²) in [5.74, 6) is -0.953. The minimum absolute atomic E-state index is 0.0134. The molecule has 0 unspecified atom stereocenters. The quantitative estimate of drug-likeness (QED) is 0.888. The van der Waals surface area contributed by atoms with Gasteiger partial charge in [0.1, 0.15) is 0 Å². The van der Waals surface area contributed by atoms with Crippen molar-refractivity contribution in [1.29, 1.82) is 0 Å². The minimum atomic E-state index is -0.879. The molecule has 0 aromatic heterocycles. The Morgan fingerprint density at radius 1 is 1.16 bits per heavy atom. The number of nitrogens with zero attached hydrogens (tertiary/aromatic N) is 1. The average molecular weight is 263 g/mol. The lowest BCUT2D eigenvalue weighted by Gasteiger charge is -2.25. The van der Waals surface area contributed by atoms with Gasteiger partial charge in [-0.2, -0.15) is 0 Å². The molecule has 4 heteroatoms. The van der Waals surface area contributed by atoms with Gasteiger partial charge < -0.3 is 10.0 Å². The SMILES string of the molecule is Cc1ccc(N(C)C(=O)CC(C)(C)CC(=O)O)cc1. The molecule has 0 heterocycles. The van der Waals surface area contributed by atoms with Crippen molar-refractivity contribution < 1.29 is 14.7 Å². The van der Waals surface area contributed by atoms with Crippen molar-refractivity contribution in [3.63, 3.8) is 0 Å². The second kappa shape index (κ2) is 5.87. The van der Waals surface area contributed by atoms with Gasteiger partial charge >= 0.3 is 5.97 Å². The molecule has 0 atom stereocenters. The Bertz CT molecular complexity index is 463. The van der Waals surface area contributed by atoms with Gasteiger partial charge in [0.05, 0.1) is 6.42 Å². The number of carbonyl (C=O) groups excluding carboxylic acids is 1. The maximum absolute atomic E-state index is 12.2. The maximum atomic E-state index is 12.2. The molecule has 19 heavy (non-hydrogen) atoms. The minimum Gasteiger partial charge on any atom is -0.481 e. The van der Waals surface area contributed by atoms with E-state index in [1.54, 1.807) is 25.8 Å². The van der Waals surface area contributed by atoms with Gasteiger partial charge in [-0.3, -0.25) is 9.59 Å². The van der Waals surface area contributed by atoms with Gasteiger partial charge in [-0.1, -0.05) is 31.5 Å². The van der Waals surface area contributed by atoms with Crippen LogP contribution in [0.4, 0.5) is 5.69 Å². The van der Waals surface area contributed by atoms with Crippen LogP contribution in [-0.2, 0) is 9.59 Å². The highest BCUT2D eigenvalue weighted by Crippen LogP contribution is 2.27. The zero-order valence-corrected chi connectivity index (χ0v) is 11.9. The van der Waals surface area contributed by atoms with E-state index in [4.69, 9.17) is 5.11 Å². The van der Waals surface area contributed by atoms with Crippen molar-refractivity contribution in [3.8, 4) is 0 Å².